The zero-order valence-electron chi connectivity index (χ0n) is 11.7. The average Bonchev–Trinajstić information content (AvgIpc) is 2.81. The molecule has 1 saturated heterocycles. The molecule has 0 aromatic carbocycles. The standard InChI is InChI=1S/C15H22BrNOS/c1-14(2)3-5-15(6-4-14)10-17-8-12(18-15)13-7-11(16)9-19-13/h7,9,12,17H,3-6,8,10H2,1-2H3. The Morgan fingerprint density at radius 1 is 1.32 bits per heavy atom. The molecule has 1 aliphatic carbocycles. The summed E-state index contributed by atoms with van der Waals surface area (Å²) in [6.07, 6.45) is 5.16. The van der Waals surface area contributed by atoms with Crippen LogP contribution in [0.25, 0.3) is 0 Å². The fourth-order valence-electron chi connectivity index (χ4n) is 3.15. The minimum atomic E-state index is 0.0783. The van der Waals surface area contributed by atoms with Crippen molar-refractivity contribution in [2.75, 3.05) is 13.1 Å². The third-order valence-corrected chi connectivity index (χ3v) is 6.37. The molecule has 2 heterocycles. The molecule has 1 atom stereocenters. The first kappa shape index (κ1) is 14.1. The zero-order valence-corrected chi connectivity index (χ0v) is 14.1. The molecular formula is C15H22BrNOS. The number of hydrogen-bond acceptors (Lipinski definition) is 3. The fraction of sp³-hybridized carbons (Fsp3) is 0.733. The Hall–Kier alpha value is 0.1000. The van der Waals surface area contributed by atoms with Crippen LogP contribution in [0.1, 0.15) is 50.5 Å². The predicted molar refractivity (Wildman–Crippen MR) is 83.7 cm³/mol. The van der Waals surface area contributed by atoms with Crippen LogP contribution in [0.5, 0.6) is 0 Å². The second kappa shape index (κ2) is 5.14. The summed E-state index contributed by atoms with van der Waals surface area (Å²) in [6.45, 7) is 6.72. The summed E-state index contributed by atoms with van der Waals surface area (Å²) < 4.78 is 7.70. The fourth-order valence-corrected chi connectivity index (χ4v) is 4.62. The van der Waals surface area contributed by atoms with Crippen LogP contribution in [-0.2, 0) is 4.74 Å². The maximum atomic E-state index is 6.53. The molecule has 2 nitrogen and oxygen atoms in total. The lowest BCUT2D eigenvalue weighted by Crippen LogP contribution is -2.53. The van der Waals surface area contributed by atoms with E-state index in [-0.39, 0.29) is 11.7 Å². The third-order valence-electron chi connectivity index (χ3n) is 4.59. The van der Waals surface area contributed by atoms with Crippen LogP contribution in [0.4, 0.5) is 0 Å². The van der Waals surface area contributed by atoms with Crippen molar-refractivity contribution in [1.82, 2.24) is 5.32 Å². The lowest BCUT2D eigenvalue weighted by atomic mass is 9.70. The molecule has 1 aliphatic heterocycles. The van der Waals surface area contributed by atoms with E-state index in [1.807, 2.05) is 0 Å². The molecule has 2 aliphatic rings. The summed E-state index contributed by atoms with van der Waals surface area (Å²) in [4.78, 5) is 1.34. The molecule has 4 heteroatoms. The first-order valence-electron chi connectivity index (χ1n) is 7.11. The monoisotopic (exact) mass is 343 g/mol. The van der Waals surface area contributed by atoms with E-state index in [0.717, 1.165) is 13.1 Å². The Bertz CT molecular complexity index is 447. The van der Waals surface area contributed by atoms with E-state index in [1.54, 1.807) is 11.3 Å². The van der Waals surface area contributed by atoms with Gasteiger partial charge in [0.15, 0.2) is 0 Å². The van der Waals surface area contributed by atoms with Crippen LogP contribution in [0, 0.1) is 5.41 Å². The van der Waals surface area contributed by atoms with Gasteiger partial charge in [-0.25, -0.2) is 0 Å². The van der Waals surface area contributed by atoms with Gasteiger partial charge >= 0.3 is 0 Å². The van der Waals surface area contributed by atoms with Crippen molar-refractivity contribution in [3.8, 4) is 0 Å². The van der Waals surface area contributed by atoms with Crippen LogP contribution in [0.2, 0.25) is 0 Å². The molecule has 1 aromatic rings. The Morgan fingerprint density at radius 3 is 2.68 bits per heavy atom. The van der Waals surface area contributed by atoms with Gasteiger partial charge in [-0.15, -0.1) is 11.3 Å². The van der Waals surface area contributed by atoms with Crippen LogP contribution in [0.3, 0.4) is 0 Å². The number of thiophene rings is 1. The van der Waals surface area contributed by atoms with Crippen molar-refractivity contribution in [3.05, 3.63) is 20.8 Å². The van der Waals surface area contributed by atoms with Gasteiger partial charge in [-0.05, 0) is 53.1 Å². The van der Waals surface area contributed by atoms with E-state index >= 15 is 0 Å². The molecule has 2 fully saturated rings. The van der Waals surface area contributed by atoms with E-state index in [2.05, 4.69) is 46.5 Å². The van der Waals surface area contributed by atoms with Gasteiger partial charge in [0, 0.05) is 27.8 Å². The van der Waals surface area contributed by atoms with E-state index in [0.29, 0.717) is 5.41 Å². The number of hydrogen-bond donors (Lipinski definition) is 1. The molecule has 19 heavy (non-hydrogen) atoms. The van der Waals surface area contributed by atoms with E-state index in [1.165, 1.54) is 35.0 Å². The van der Waals surface area contributed by atoms with Crippen LogP contribution in [-0.4, -0.2) is 18.7 Å². The maximum absolute atomic E-state index is 6.53. The van der Waals surface area contributed by atoms with Gasteiger partial charge in [-0.3, -0.25) is 0 Å². The molecule has 1 N–H and O–H groups in total. The Kier molecular flexibility index (Phi) is 3.80. The van der Waals surface area contributed by atoms with Gasteiger partial charge < -0.3 is 10.1 Å². The minimum Gasteiger partial charge on any atom is -0.364 e. The van der Waals surface area contributed by atoms with Crippen molar-refractivity contribution in [1.29, 1.82) is 0 Å². The average molecular weight is 344 g/mol. The molecule has 1 saturated carbocycles. The Labute approximate surface area is 128 Å². The van der Waals surface area contributed by atoms with Gasteiger partial charge in [-0.2, -0.15) is 0 Å². The quantitative estimate of drug-likeness (QED) is 0.809. The largest absolute Gasteiger partial charge is 0.364 e. The predicted octanol–water partition coefficient (Wildman–Crippen LogP) is 4.51. The van der Waals surface area contributed by atoms with Crippen molar-refractivity contribution in [2.24, 2.45) is 5.41 Å². The van der Waals surface area contributed by atoms with E-state index in [4.69, 9.17) is 4.74 Å². The summed E-state index contributed by atoms with van der Waals surface area (Å²) in [5.74, 6) is 0. The van der Waals surface area contributed by atoms with Gasteiger partial charge in [0.25, 0.3) is 0 Å². The molecule has 1 spiro atoms. The normalized spacial score (nSPS) is 29.5. The van der Waals surface area contributed by atoms with Gasteiger partial charge in [-0.1, -0.05) is 13.8 Å². The maximum Gasteiger partial charge on any atom is 0.105 e. The lowest BCUT2D eigenvalue weighted by molar-refractivity contribution is -0.146. The number of morpholine rings is 1. The highest BCUT2D eigenvalue weighted by atomic mass is 79.9. The third kappa shape index (κ3) is 3.07. The van der Waals surface area contributed by atoms with Gasteiger partial charge in [0.2, 0.25) is 0 Å². The lowest BCUT2D eigenvalue weighted by Gasteiger charge is -2.47. The minimum absolute atomic E-state index is 0.0783. The smallest absolute Gasteiger partial charge is 0.105 e. The van der Waals surface area contributed by atoms with Crippen LogP contribution >= 0.6 is 27.3 Å². The van der Waals surface area contributed by atoms with E-state index in [9.17, 15) is 0 Å². The van der Waals surface area contributed by atoms with Gasteiger partial charge in [0.1, 0.15) is 6.10 Å². The second-order valence-electron chi connectivity index (χ2n) is 6.75. The summed E-state index contributed by atoms with van der Waals surface area (Å²) in [5.41, 5.74) is 0.572. The zero-order chi connectivity index (χ0) is 13.5. The Morgan fingerprint density at radius 2 is 2.05 bits per heavy atom. The highest BCUT2D eigenvalue weighted by molar-refractivity contribution is 9.10. The molecule has 1 aromatic heterocycles. The summed E-state index contributed by atoms with van der Waals surface area (Å²) in [6, 6.07) is 2.20. The number of ether oxygens (including phenoxy) is 1. The topological polar surface area (TPSA) is 21.3 Å². The van der Waals surface area contributed by atoms with E-state index < -0.39 is 0 Å². The van der Waals surface area contributed by atoms with Crippen LogP contribution < -0.4 is 5.32 Å². The SMILES string of the molecule is CC1(C)CCC2(CC1)CNCC(c1cc(Br)cs1)O2. The molecule has 1 unspecified atom stereocenters. The number of halogens is 1. The van der Waals surface area contributed by atoms with Gasteiger partial charge in [0.05, 0.1) is 5.60 Å². The van der Waals surface area contributed by atoms with Crippen molar-refractivity contribution in [2.45, 2.75) is 51.2 Å². The first-order chi connectivity index (χ1) is 8.98. The van der Waals surface area contributed by atoms with Crippen molar-refractivity contribution in [3.63, 3.8) is 0 Å². The molecule has 0 radical (unpaired) electrons. The van der Waals surface area contributed by atoms with Crippen molar-refractivity contribution < 1.29 is 4.74 Å². The molecule has 3 rings (SSSR count). The summed E-state index contributed by atoms with van der Waals surface area (Å²) >= 11 is 5.33. The summed E-state index contributed by atoms with van der Waals surface area (Å²) in [7, 11) is 0. The second-order valence-corrected chi connectivity index (χ2v) is 8.61. The summed E-state index contributed by atoms with van der Waals surface area (Å²) in [5, 5.41) is 5.74. The number of rotatable bonds is 1. The molecule has 106 valence electrons. The molecule has 0 amide bonds. The van der Waals surface area contributed by atoms with Crippen molar-refractivity contribution >= 4 is 27.3 Å². The molecular weight excluding hydrogens is 322 g/mol. The highest BCUT2D eigenvalue weighted by Gasteiger charge is 2.43. The number of nitrogens with one attached hydrogen (secondary N) is 1. The first-order valence-corrected chi connectivity index (χ1v) is 8.78. The van der Waals surface area contributed by atoms with Crippen LogP contribution in [0.15, 0.2) is 15.9 Å². The molecule has 0 bridgehead atoms. The Balaban J connectivity index is 1.71. The highest BCUT2D eigenvalue weighted by Crippen LogP contribution is 2.45.